The summed E-state index contributed by atoms with van der Waals surface area (Å²) in [6.45, 7) is 0.441. The van der Waals surface area contributed by atoms with Gasteiger partial charge in [-0.2, -0.15) is 0 Å². The molecule has 1 saturated heterocycles. The van der Waals surface area contributed by atoms with Crippen LogP contribution in [0.1, 0.15) is 50.6 Å². The zero-order valence-electron chi connectivity index (χ0n) is 18.5. The van der Waals surface area contributed by atoms with E-state index in [1.807, 2.05) is 0 Å². The van der Waals surface area contributed by atoms with E-state index >= 15 is 0 Å². The molecule has 0 bridgehead atoms. The molecule has 3 heterocycles. The standard InChI is InChI=1S/C23H24F3N5O3/c1-33-19-13(24)5-4-6-14(19)27-15-11-16(29-23(32)12-8-9-12)28-21-18(15)30-22(20(25)26)31(21)17-7-2-3-10-34-17/h4-6,11-12,17,20H,2-3,7-10H2,1H3,(H2,27,28,29,32). The van der Waals surface area contributed by atoms with Gasteiger partial charge in [-0.1, -0.05) is 6.07 Å². The lowest BCUT2D eigenvalue weighted by Crippen LogP contribution is -2.21. The maximum Gasteiger partial charge on any atom is 0.295 e. The molecule has 1 aliphatic heterocycles. The number of rotatable bonds is 7. The number of amides is 1. The van der Waals surface area contributed by atoms with Crippen LogP contribution >= 0.6 is 0 Å². The Hall–Kier alpha value is -3.34. The smallest absolute Gasteiger partial charge is 0.295 e. The zero-order chi connectivity index (χ0) is 23.8. The van der Waals surface area contributed by atoms with Gasteiger partial charge in [0.05, 0.1) is 18.5 Å². The van der Waals surface area contributed by atoms with Crippen LogP contribution in [0.15, 0.2) is 24.3 Å². The molecule has 2 N–H and O–H groups in total. The Balaban J connectivity index is 1.66. The summed E-state index contributed by atoms with van der Waals surface area (Å²) in [6.07, 6.45) is 0.256. The number of carbonyl (C=O) groups is 1. The molecule has 1 saturated carbocycles. The number of ether oxygens (including phenoxy) is 2. The highest BCUT2D eigenvalue weighted by atomic mass is 19.3. The van der Waals surface area contributed by atoms with E-state index in [0.29, 0.717) is 13.0 Å². The maximum atomic E-state index is 14.3. The van der Waals surface area contributed by atoms with Crippen LogP contribution in [0.4, 0.5) is 30.4 Å². The lowest BCUT2D eigenvalue weighted by molar-refractivity contribution is -0.117. The average Bonchev–Trinajstić information content (AvgIpc) is 3.60. The first-order chi connectivity index (χ1) is 16.5. The van der Waals surface area contributed by atoms with E-state index in [4.69, 9.17) is 9.47 Å². The Bertz CT molecular complexity index is 1220. The van der Waals surface area contributed by atoms with Gasteiger partial charge >= 0.3 is 0 Å². The molecule has 2 fully saturated rings. The molecule has 11 heteroatoms. The predicted molar refractivity (Wildman–Crippen MR) is 119 cm³/mol. The molecule has 1 atom stereocenters. The number of halogens is 3. The van der Waals surface area contributed by atoms with Crippen molar-refractivity contribution in [3.05, 3.63) is 35.9 Å². The Labute approximate surface area is 193 Å². The fraction of sp³-hybridized carbons (Fsp3) is 0.435. The van der Waals surface area contributed by atoms with Crippen LogP contribution in [0.25, 0.3) is 11.2 Å². The molecule has 3 aromatic rings. The van der Waals surface area contributed by atoms with Crippen molar-refractivity contribution in [3.8, 4) is 5.75 Å². The molecule has 1 aromatic carbocycles. The second kappa shape index (κ2) is 9.13. The molecule has 180 valence electrons. The first kappa shape index (κ1) is 22.5. The Morgan fingerprint density at radius 1 is 1.21 bits per heavy atom. The van der Waals surface area contributed by atoms with E-state index in [9.17, 15) is 18.0 Å². The maximum absolute atomic E-state index is 14.3. The van der Waals surface area contributed by atoms with Crippen molar-refractivity contribution < 1.29 is 27.4 Å². The Morgan fingerprint density at radius 2 is 2.03 bits per heavy atom. The summed E-state index contributed by atoms with van der Waals surface area (Å²) in [5, 5.41) is 5.80. The number of para-hydroxylation sites is 1. The van der Waals surface area contributed by atoms with Crippen LogP contribution < -0.4 is 15.4 Å². The third kappa shape index (κ3) is 4.27. The summed E-state index contributed by atoms with van der Waals surface area (Å²) in [4.78, 5) is 21.1. The lowest BCUT2D eigenvalue weighted by Gasteiger charge is -2.25. The largest absolute Gasteiger partial charge is 0.492 e. The van der Waals surface area contributed by atoms with Crippen molar-refractivity contribution in [3.63, 3.8) is 0 Å². The number of hydrogen-bond donors (Lipinski definition) is 2. The molecule has 1 unspecified atom stereocenters. The van der Waals surface area contributed by atoms with Crippen molar-refractivity contribution in [2.45, 2.75) is 44.8 Å². The molecule has 0 radical (unpaired) electrons. The minimum Gasteiger partial charge on any atom is -0.492 e. The average molecular weight is 475 g/mol. The number of hydrogen-bond acceptors (Lipinski definition) is 6. The minimum absolute atomic E-state index is 0.0415. The SMILES string of the molecule is COc1c(F)cccc1Nc1cc(NC(=O)C2CC2)nc2c1nc(C(F)F)n2C1CCCCO1. The first-order valence-electron chi connectivity index (χ1n) is 11.2. The summed E-state index contributed by atoms with van der Waals surface area (Å²) in [6, 6.07) is 5.83. The van der Waals surface area contributed by atoms with Gasteiger partial charge < -0.3 is 20.1 Å². The highest BCUT2D eigenvalue weighted by molar-refractivity contribution is 5.97. The first-order valence-corrected chi connectivity index (χ1v) is 11.2. The number of nitrogens with one attached hydrogen (secondary N) is 2. The summed E-state index contributed by atoms with van der Waals surface area (Å²) in [7, 11) is 1.33. The summed E-state index contributed by atoms with van der Waals surface area (Å²) in [5.41, 5.74) is 0.849. The second-order valence-corrected chi connectivity index (χ2v) is 8.40. The topological polar surface area (TPSA) is 90.3 Å². The number of pyridine rings is 1. The molecule has 5 rings (SSSR count). The van der Waals surface area contributed by atoms with Gasteiger partial charge in [-0.15, -0.1) is 0 Å². The highest BCUT2D eigenvalue weighted by Gasteiger charge is 2.32. The highest BCUT2D eigenvalue weighted by Crippen LogP contribution is 2.38. The van der Waals surface area contributed by atoms with E-state index in [0.717, 1.165) is 25.7 Å². The summed E-state index contributed by atoms with van der Waals surface area (Å²) in [5.74, 6) is -1.19. The number of benzene rings is 1. The van der Waals surface area contributed by atoms with Gasteiger partial charge in [0.1, 0.15) is 17.6 Å². The molecule has 8 nitrogen and oxygen atoms in total. The normalized spacial score (nSPS) is 18.3. The van der Waals surface area contributed by atoms with Gasteiger partial charge in [-0.3, -0.25) is 9.36 Å². The fourth-order valence-corrected chi connectivity index (χ4v) is 4.14. The predicted octanol–water partition coefficient (Wildman–Crippen LogP) is 5.31. The number of alkyl halides is 2. The number of methoxy groups -OCH3 is 1. The van der Waals surface area contributed by atoms with E-state index in [1.54, 1.807) is 6.07 Å². The number of anilines is 3. The van der Waals surface area contributed by atoms with Gasteiger partial charge in [0.25, 0.3) is 6.43 Å². The zero-order valence-corrected chi connectivity index (χ0v) is 18.5. The molecular formula is C23H24F3N5O3. The second-order valence-electron chi connectivity index (χ2n) is 8.40. The number of fused-ring (bicyclic) bond motifs is 1. The molecule has 34 heavy (non-hydrogen) atoms. The molecule has 1 amide bonds. The Kier molecular flexibility index (Phi) is 6.03. The monoisotopic (exact) mass is 475 g/mol. The summed E-state index contributed by atoms with van der Waals surface area (Å²) < 4.78 is 54.6. The van der Waals surface area contributed by atoms with E-state index < -0.39 is 24.3 Å². The third-order valence-corrected chi connectivity index (χ3v) is 5.95. The van der Waals surface area contributed by atoms with Crippen molar-refractivity contribution in [1.29, 1.82) is 0 Å². The van der Waals surface area contributed by atoms with Gasteiger partial charge in [0.15, 0.2) is 23.0 Å². The third-order valence-electron chi connectivity index (χ3n) is 5.95. The molecule has 2 aliphatic rings. The van der Waals surface area contributed by atoms with Crippen molar-refractivity contribution in [1.82, 2.24) is 14.5 Å². The molecule has 1 aliphatic carbocycles. The van der Waals surface area contributed by atoms with E-state index in [1.165, 1.54) is 29.9 Å². The minimum atomic E-state index is -2.87. The van der Waals surface area contributed by atoms with Gasteiger partial charge in [-0.25, -0.2) is 23.1 Å². The molecule has 0 spiro atoms. The number of carbonyl (C=O) groups excluding carboxylic acids is 1. The van der Waals surface area contributed by atoms with E-state index in [2.05, 4.69) is 20.6 Å². The van der Waals surface area contributed by atoms with Crippen LogP contribution in [-0.4, -0.2) is 34.2 Å². The van der Waals surface area contributed by atoms with Gasteiger partial charge in [0, 0.05) is 18.6 Å². The van der Waals surface area contributed by atoms with Crippen molar-refractivity contribution in [2.24, 2.45) is 5.92 Å². The van der Waals surface area contributed by atoms with Crippen LogP contribution in [0.3, 0.4) is 0 Å². The van der Waals surface area contributed by atoms with E-state index in [-0.39, 0.29) is 45.9 Å². The van der Waals surface area contributed by atoms with Crippen LogP contribution in [0.5, 0.6) is 5.75 Å². The summed E-state index contributed by atoms with van der Waals surface area (Å²) >= 11 is 0. The number of aromatic nitrogens is 3. The molecule has 2 aromatic heterocycles. The number of imidazole rings is 1. The van der Waals surface area contributed by atoms with Gasteiger partial charge in [0.2, 0.25) is 5.91 Å². The van der Waals surface area contributed by atoms with Crippen LogP contribution in [-0.2, 0) is 9.53 Å². The molecular weight excluding hydrogens is 451 g/mol. The van der Waals surface area contributed by atoms with Gasteiger partial charge in [-0.05, 0) is 44.2 Å². The fourth-order valence-electron chi connectivity index (χ4n) is 4.14. The van der Waals surface area contributed by atoms with Crippen LogP contribution in [0, 0.1) is 11.7 Å². The number of nitrogens with zero attached hydrogens (tertiary/aromatic N) is 3. The lowest BCUT2D eigenvalue weighted by atomic mass is 10.2. The van der Waals surface area contributed by atoms with Crippen molar-refractivity contribution >= 4 is 34.3 Å². The quantitative estimate of drug-likeness (QED) is 0.482. The van der Waals surface area contributed by atoms with Crippen LogP contribution in [0.2, 0.25) is 0 Å². The van der Waals surface area contributed by atoms with Crippen molar-refractivity contribution in [2.75, 3.05) is 24.4 Å². The Morgan fingerprint density at radius 3 is 2.71 bits per heavy atom.